The summed E-state index contributed by atoms with van der Waals surface area (Å²) < 4.78 is 37.2. The number of hydrogen-bond donors (Lipinski definition) is 0. The molecule has 0 spiro atoms. The van der Waals surface area contributed by atoms with E-state index in [9.17, 15) is 13.2 Å². The van der Waals surface area contributed by atoms with E-state index in [2.05, 4.69) is 5.16 Å². The van der Waals surface area contributed by atoms with Crippen molar-refractivity contribution in [1.82, 2.24) is 9.46 Å². The Kier molecular flexibility index (Phi) is 5.96. The Labute approximate surface area is 159 Å². The van der Waals surface area contributed by atoms with Gasteiger partial charge >= 0.3 is 5.97 Å². The SMILES string of the molecule is Cc1cc(COC(=O)c2ccc(S(=O)(=O)N(C)C3CCCCC3)cc2)on1. The molecular formula is C19H24N2O5S. The largest absolute Gasteiger partial charge is 0.454 e. The van der Waals surface area contributed by atoms with Gasteiger partial charge in [-0.3, -0.25) is 0 Å². The molecule has 0 atom stereocenters. The van der Waals surface area contributed by atoms with Crippen molar-refractivity contribution in [3.8, 4) is 0 Å². The highest BCUT2D eigenvalue weighted by molar-refractivity contribution is 7.89. The lowest BCUT2D eigenvalue weighted by molar-refractivity contribution is 0.0437. The van der Waals surface area contributed by atoms with Crippen molar-refractivity contribution in [2.24, 2.45) is 0 Å². The van der Waals surface area contributed by atoms with Crippen molar-refractivity contribution in [3.63, 3.8) is 0 Å². The van der Waals surface area contributed by atoms with Crippen LogP contribution in [-0.2, 0) is 21.4 Å². The lowest BCUT2D eigenvalue weighted by Crippen LogP contribution is -2.38. The molecular weight excluding hydrogens is 368 g/mol. The smallest absolute Gasteiger partial charge is 0.338 e. The van der Waals surface area contributed by atoms with E-state index < -0.39 is 16.0 Å². The van der Waals surface area contributed by atoms with E-state index >= 15 is 0 Å². The van der Waals surface area contributed by atoms with Crippen LogP contribution in [0, 0.1) is 6.92 Å². The van der Waals surface area contributed by atoms with Crippen LogP contribution >= 0.6 is 0 Å². The Balaban J connectivity index is 1.65. The summed E-state index contributed by atoms with van der Waals surface area (Å²) >= 11 is 0. The molecule has 1 saturated carbocycles. The van der Waals surface area contributed by atoms with E-state index in [1.165, 1.54) is 28.6 Å². The molecule has 1 aliphatic carbocycles. The van der Waals surface area contributed by atoms with Crippen molar-refractivity contribution in [1.29, 1.82) is 0 Å². The number of sulfonamides is 1. The van der Waals surface area contributed by atoms with E-state index in [-0.39, 0.29) is 23.1 Å². The molecule has 1 fully saturated rings. The molecule has 1 aliphatic rings. The van der Waals surface area contributed by atoms with Gasteiger partial charge in [0.25, 0.3) is 0 Å². The number of aromatic nitrogens is 1. The number of carbonyl (C=O) groups is 1. The molecule has 0 radical (unpaired) electrons. The van der Waals surface area contributed by atoms with Crippen LogP contribution in [0.1, 0.15) is 53.9 Å². The molecule has 1 heterocycles. The zero-order valence-electron chi connectivity index (χ0n) is 15.6. The fraction of sp³-hybridized carbons (Fsp3) is 0.474. The summed E-state index contributed by atoms with van der Waals surface area (Å²) in [5.74, 6) is -0.0946. The average molecular weight is 392 g/mol. The number of hydrogen-bond acceptors (Lipinski definition) is 6. The van der Waals surface area contributed by atoms with Crippen LogP contribution in [-0.4, -0.2) is 36.9 Å². The van der Waals surface area contributed by atoms with Crippen molar-refractivity contribution in [2.45, 2.75) is 56.6 Å². The summed E-state index contributed by atoms with van der Waals surface area (Å²) in [6.07, 6.45) is 5.05. The Morgan fingerprint density at radius 3 is 2.48 bits per heavy atom. The maximum atomic E-state index is 12.8. The summed E-state index contributed by atoms with van der Waals surface area (Å²) in [4.78, 5) is 12.3. The second kappa shape index (κ2) is 8.22. The highest BCUT2D eigenvalue weighted by atomic mass is 32.2. The Morgan fingerprint density at radius 1 is 1.22 bits per heavy atom. The summed E-state index contributed by atoms with van der Waals surface area (Å²) in [7, 11) is -1.94. The van der Waals surface area contributed by atoms with Crippen LogP contribution in [0.2, 0.25) is 0 Å². The molecule has 1 aromatic heterocycles. The average Bonchev–Trinajstić information content (AvgIpc) is 3.11. The van der Waals surface area contributed by atoms with Gasteiger partial charge in [-0.15, -0.1) is 0 Å². The van der Waals surface area contributed by atoms with Gasteiger partial charge in [0.1, 0.15) is 0 Å². The first-order chi connectivity index (χ1) is 12.9. The van der Waals surface area contributed by atoms with Crippen LogP contribution in [0.15, 0.2) is 39.8 Å². The maximum absolute atomic E-state index is 12.8. The van der Waals surface area contributed by atoms with Crippen molar-refractivity contribution in [2.75, 3.05) is 7.05 Å². The molecule has 3 rings (SSSR count). The van der Waals surface area contributed by atoms with Gasteiger partial charge in [-0.05, 0) is 44.0 Å². The van der Waals surface area contributed by atoms with Crippen molar-refractivity contribution in [3.05, 3.63) is 47.3 Å². The number of carbonyl (C=O) groups excluding carboxylic acids is 1. The predicted molar refractivity (Wildman–Crippen MR) is 98.6 cm³/mol. The number of ether oxygens (including phenoxy) is 1. The van der Waals surface area contributed by atoms with Crippen LogP contribution in [0.5, 0.6) is 0 Å². The molecule has 27 heavy (non-hydrogen) atoms. The van der Waals surface area contributed by atoms with Gasteiger partial charge in [0.15, 0.2) is 12.4 Å². The van der Waals surface area contributed by atoms with Gasteiger partial charge in [0.05, 0.1) is 16.2 Å². The van der Waals surface area contributed by atoms with E-state index in [1.807, 2.05) is 0 Å². The van der Waals surface area contributed by atoms with Crippen LogP contribution in [0.3, 0.4) is 0 Å². The normalized spacial score (nSPS) is 15.8. The number of rotatable bonds is 6. The van der Waals surface area contributed by atoms with Crippen molar-refractivity contribution < 1.29 is 22.5 Å². The molecule has 7 nitrogen and oxygen atoms in total. The Bertz CT molecular complexity index is 883. The molecule has 0 amide bonds. The molecule has 0 unspecified atom stereocenters. The van der Waals surface area contributed by atoms with Gasteiger partial charge < -0.3 is 9.26 Å². The molecule has 1 aromatic carbocycles. The minimum absolute atomic E-state index is 0.0237. The fourth-order valence-electron chi connectivity index (χ4n) is 3.27. The van der Waals surface area contributed by atoms with E-state index in [0.717, 1.165) is 32.1 Å². The molecule has 0 aliphatic heterocycles. The number of aryl methyl sites for hydroxylation is 1. The number of nitrogens with zero attached hydrogens (tertiary/aromatic N) is 2. The lowest BCUT2D eigenvalue weighted by Gasteiger charge is -2.30. The summed E-state index contributed by atoms with van der Waals surface area (Å²) in [6, 6.07) is 7.56. The highest BCUT2D eigenvalue weighted by Gasteiger charge is 2.29. The minimum atomic E-state index is -3.58. The summed E-state index contributed by atoms with van der Waals surface area (Å²) in [5, 5.41) is 3.72. The highest BCUT2D eigenvalue weighted by Crippen LogP contribution is 2.26. The number of esters is 1. The fourth-order valence-corrected chi connectivity index (χ4v) is 4.69. The quantitative estimate of drug-likeness (QED) is 0.701. The number of benzene rings is 1. The lowest BCUT2D eigenvalue weighted by atomic mass is 9.96. The van der Waals surface area contributed by atoms with Gasteiger partial charge in [0.2, 0.25) is 10.0 Å². The molecule has 2 aromatic rings. The Hall–Kier alpha value is -2.19. The Morgan fingerprint density at radius 2 is 1.89 bits per heavy atom. The third-order valence-corrected chi connectivity index (χ3v) is 6.80. The first kappa shape index (κ1) is 19.6. The second-order valence-corrected chi connectivity index (χ2v) is 8.85. The maximum Gasteiger partial charge on any atom is 0.338 e. The van der Waals surface area contributed by atoms with Gasteiger partial charge in [0, 0.05) is 19.2 Å². The van der Waals surface area contributed by atoms with E-state index in [1.54, 1.807) is 20.0 Å². The second-order valence-electron chi connectivity index (χ2n) is 6.85. The summed E-state index contributed by atoms with van der Waals surface area (Å²) in [5.41, 5.74) is 0.989. The first-order valence-corrected chi connectivity index (χ1v) is 10.5. The summed E-state index contributed by atoms with van der Waals surface area (Å²) in [6.45, 7) is 1.75. The van der Waals surface area contributed by atoms with Crippen LogP contribution < -0.4 is 0 Å². The van der Waals surface area contributed by atoms with E-state index in [0.29, 0.717) is 11.5 Å². The molecule has 8 heteroatoms. The van der Waals surface area contributed by atoms with Crippen LogP contribution in [0.4, 0.5) is 0 Å². The van der Waals surface area contributed by atoms with Gasteiger partial charge in [-0.1, -0.05) is 24.4 Å². The molecule has 146 valence electrons. The zero-order valence-corrected chi connectivity index (χ0v) is 16.4. The minimum Gasteiger partial charge on any atom is -0.454 e. The molecule has 0 N–H and O–H groups in total. The van der Waals surface area contributed by atoms with Gasteiger partial charge in [-0.25, -0.2) is 13.2 Å². The topological polar surface area (TPSA) is 89.7 Å². The predicted octanol–water partition coefficient (Wildman–Crippen LogP) is 3.29. The van der Waals surface area contributed by atoms with Gasteiger partial charge in [-0.2, -0.15) is 4.31 Å². The standard InChI is InChI=1S/C19H24N2O5S/c1-14-12-17(26-20-14)13-25-19(22)15-8-10-18(11-9-15)27(23,24)21(2)16-6-4-3-5-7-16/h8-12,16H,3-7,13H2,1-2H3. The molecule has 0 bridgehead atoms. The first-order valence-electron chi connectivity index (χ1n) is 9.05. The third kappa shape index (κ3) is 4.56. The zero-order chi connectivity index (χ0) is 19.4. The monoisotopic (exact) mass is 392 g/mol. The molecule has 0 saturated heterocycles. The van der Waals surface area contributed by atoms with E-state index in [4.69, 9.17) is 9.26 Å². The third-order valence-electron chi connectivity index (χ3n) is 4.88. The van der Waals surface area contributed by atoms with Crippen molar-refractivity contribution >= 4 is 16.0 Å². The van der Waals surface area contributed by atoms with Crippen LogP contribution in [0.25, 0.3) is 0 Å².